The zero-order valence-electron chi connectivity index (χ0n) is 18.2. The summed E-state index contributed by atoms with van der Waals surface area (Å²) in [6.45, 7) is 1.17. The number of carbonyl (C=O) groups is 2. The second kappa shape index (κ2) is 10.1. The average Bonchev–Trinajstić information content (AvgIpc) is 3.09. The molecule has 32 heavy (non-hydrogen) atoms. The standard InChI is InChI=1S/C27H28N2O3/c1-32-24-14-12-21(13-15-24)18-29-19-22(16-20-8-4-2-5-9-20)25(27(29)31)17-26(30)28-23-10-6-3-7-11-23/h2-15,22,25H,16-19H2,1H3,(H,28,30)/t22-,25+/m0/s1. The molecule has 2 amide bonds. The van der Waals surface area contributed by atoms with Crippen molar-refractivity contribution in [3.63, 3.8) is 0 Å². The van der Waals surface area contributed by atoms with E-state index in [2.05, 4.69) is 17.4 Å². The van der Waals surface area contributed by atoms with E-state index in [0.717, 1.165) is 23.4 Å². The molecule has 3 aromatic rings. The van der Waals surface area contributed by atoms with Gasteiger partial charge in [0, 0.05) is 25.2 Å². The Kier molecular flexibility index (Phi) is 6.85. The van der Waals surface area contributed by atoms with Crippen LogP contribution in [0.2, 0.25) is 0 Å². The van der Waals surface area contributed by atoms with Gasteiger partial charge in [0.25, 0.3) is 0 Å². The summed E-state index contributed by atoms with van der Waals surface area (Å²) >= 11 is 0. The number of hydrogen-bond donors (Lipinski definition) is 1. The minimum atomic E-state index is -0.336. The highest BCUT2D eigenvalue weighted by Gasteiger charge is 2.41. The molecule has 5 nitrogen and oxygen atoms in total. The van der Waals surface area contributed by atoms with Gasteiger partial charge < -0.3 is 15.0 Å². The largest absolute Gasteiger partial charge is 0.497 e. The molecule has 0 spiro atoms. The topological polar surface area (TPSA) is 58.6 Å². The van der Waals surface area contributed by atoms with Gasteiger partial charge in [0.2, 0.25) is 11.8 Å². The Morgan fingerprint density at radius 2 is 1.59 bits per heavy atom. The number of methoxy groups -OCH3 is 1. The molecule has 0 bridgehead atoms. The van der Waals surface area contributed by atoms with Crippen molar-refractivity contribution in [3.8, 4) is 5.75 Å². The van der Waals surface area contributed by atoms with E-state index >= 15 is 0 Å². The molecule has 1 aliphatic heterocycles. The van der Waals surface area contributed by atoms with Crippen LogP contribution < -0.4 is 10.1 Å². The van der Waals surface area contributed by atoms with Crippen molar-refractivity contribution in [2.75, 3.05) is 19.0 Å². The van der Waals surface area contributed by atoms with Crippen molar-refractivity contribution in [3.05, 3.63) is 96.1 Å². The number of anilines is 1. The molecular formula is C27H28N2O3. The monoisotopic (exact) mass is 428 g/mol. The van der Waals surface area contributed by atoms with Gasteiger partial charge in [0.15, 0.2) is 0 Å². The van der Waals surface area contributed by atoms with Crippen LogP contribution in [0.3, 0.4) is 0 Å². The van der Waals surface area contributed by atoms with Crippen LogP contribution in [0.4, 0.5) is 5.69 Å². The Morgan fingerprint density at radius 3 is 2.25 bits per heavy atom. The fourth-order valence-corrected chi connectivity index (χ4v) is 4.34. The van der Waals surface area contributed by atoms with Crippen LogP contribution in [0.1, 0.15) is 17.5 Å². The van der Waals surface area contributed by atoms with Gasteiger partial charge in [-0.15, -0.1) is 0 Å². The molecule has 1 N–H and O–H groups in total. The Balaban J connectivity index is 1.48. The first-order valence-electron chi connectivity index (χ1n) is 10.9. The van der Waals surface area contributed by atoms with Crippen molar-refractivity contribution < 1.29 is 14.3 Å². The molecule has 5 heteroatoms. The van der Waals surface area contributed by atoms with E-state index in [1.165, 1.54) is 5.56 Å². The molecule has 1 fully saturated rings. The maximum absolute atomic E-state index is 13.3. The molecule has 0 unspecified atom stereocenters. The van der Waals surface area contributed by atoms with E-state index in [1.54, 1.807) is 7.11 Å². The SMILES string of the molecule is COc1ccc(CN2C[C@H](Cc3ccccc3)[C@@H](CC(=O)Nc3ccccc3)C2=O)cc1. The molecule has 3 aromatic carbocycles. The van der Waals surface area contributed by atoms with Crippen LogP contribution in [0, 0.1) is 11.8 Å². The van der Waals surface area contributed by atoms with Crippen molar-refractivity contribution in [2.45, 2.75) is 19.4 Å². The maximum atomic E-state index is 13.3. The summed E-state index contributed by atoms with van der Waals surface area (Å²) in [5, 5.41) is 2.93. The average molecular weight is 429 g/mol. The van der Waals surface area contributed by atoms with E-state index in [1.807, 2.05) is 77.7 Å². The molecule has 2 atom stereocenters. The second-order valence-electron chi connectivity index (χ2n) is 8.24. The molecule has 0 aliphatic carbocycles. The molecule has 0 radical (unpaired) electrons. The van der Waals surface area contributed by atoms with Crippen LogP contribution in [-0.2, 0) is 22.6 Å². The molecule has 1 saturated heterocycles. The van der Waals surface area contributed by atoms with Crippen molar-refractivity contribution in [1.82, 2.24) is 4.90 Å². The summed E-state index contributed by atoms with van der Waals surface area (Å²) in [7, 11) is 1.64. The Bertz CT molecular complexity index is 1040. The van der Waals surface area contributed by atoms with Gasteiger partial charge in [0.1, 0.15) is 5.75 Å². The van der Waals surface area contributed by atoms with Crippen molar-refractivity contribution >= 4 is 17.5 Å². The fraction of sp³-hybridized carbons (Fsp3) is 0.259. The van der Waals surface area contributed by atoms with Gasteiger partial charge in [-0.2, -0.15) is 0 Å². The molecule has 4 rings (SSSR count). The lowest BCUT2D eigenvalue weighted by atomic mass is 9.87. The Labute approximate surface area is 189 Å². The van der Waals surface area contributed by atoms with Crippen LogP contribution in [0.5, 0.6) is 5.75 Å². The quantitative estimate of drug-likeness (QED) is 0.573. The van der Waals surface area contributed by atoms with E-state index in [9.17, 15) is 9.59 Å². The molecule has 1 aliphatic rings. The zero-order chi connectivity index (χ0) is 22.3. The predicted octanol–water partition coefficient (Wildman–Crippen LogP) is 4.54. The van der Waals surface area contributed by atoms with Crippen LogP contribution in [0.25, 0.3) is 0 Å². The Hall–Kier alpha value is -3.60. The number of ether oxygens (including phenoxy) is 1. The van der Waals surface area contributed by atoms with Crippen LogP contribution in [0.15, 0.2) is 84.9 Å². The van der Waals surface area contributed by atoms with Gasteiger partial charge in [-0.25, -0.2) is 0 Å². The van der Waals surface area contributed by atoms with Crippen LogP contribution in [-0.4, -0.2) is 30.4 Å². The third kappa shape index (κ3) is 5.35. The summed E-state index contributed by atoms with van der Waals surface area (Å²) in [6.07, 6.45) is 0.958. The number of para-hydroxylation sites is 1. The minimum absolute atomic E-state index is 0.0463. The third-order valence-electron chi connectivity index (χ3n) is 5.99. The first-order chi connectivity index (χ1) is 15.6. The highest BCUT2D eigenvalue weighted by atomic mass is 16.5. The van der Waals surface area contributed by atoms with E-state index in [-0.39, 0.29) is 30.1 Å². The number of rotatable bonds is 8. The van der Waals surface area contributed by atoms with Crippen LogP contribution >= 0.6 is 0 Å². The van der Waals surface area contributed by atoms with E-state index in [4.69, 9.17) is 4.74 Å². The summed E-state index contributed by atoms with van der Waals surface area (Å²) in [5.41, 5.74) is 2.98. The number of hydrogen-bond acceptors (Lipinski definition) is 3. The molecular weight excluding hydrogens is 400 g/mol. The van der Waals surface area contributed by atoms with Crippen molar-refractivity contribution in [2.24, 2.45) is 11.8 Å². The maximum Gasteiger partial charge on any atom is 0.226 e. The van der Waals surface area contributed by atoms with E-state index in [0.29, 0.717) is 13.1 Å². The van der Waals surface area contributed by atoms with Gasteiger partial charge >= 0.3 is 0 Å². The lowest BCUT2D eigenvalue weighted by Gasteiger charge is -2.17. The summed E-state index contributed by atoms with van der Waals surface area (Å²) in [4.78, 5) is 28.0. The molecule has 1 heterocycles. The molecule has 0 aromatic heterocycles. The zero-order valence-corrected chi connectivity index (χ0v) is 18.2. The predicted molar refractivity (Wildman–Crippen MR) is 125 cm³/mol. The number of nitrogens with one attached hydrogen (secondary N) is 1. The number of benzene rings is 3. The first-order valence-corrected chi connectivity index (χ1v) is 10.9. The van der Waals surface area contributed by atoms with Gasteiger partial charge in [-0.3, -0.25) is 9.59 Å². The van der Waals surface area contributed by atoms with Gasteiger partial charge in [-0.1, -0.05) is 60.7 Å². The number of nitrogens with zero attached hydrogens (tertiary/aromatic N) is 1. The highest BCUT2D eigenvalue weighted by molar-refractivity contribution is 5.94. The number of amides is 2. The lowest BCUT2D eigenvalue weighted by molar-refractivity contribution is -0.133. The second-order valence-corrected chi connectivity index (χ2v) is 8.24. The van der Waals surface area contributed by atoms with Gasteiger partial charge in [-0.05, 0) is 47.7 Å². The number of carbonyl (C=O) groups excluding carboxylic acids is 2. The lowest BCUT2D eigenvalue weighted by Crippen LogP contribution is -2.29. The first kappa shape index (κ1) is 21.6. The minimum Gasteiger partial charge on any atom is -0.497 e. The highest BCUT2D eigenvalue weighted by Crippen LogP contribution is 2.32. The fourth-order valence-electron chi connectivity index (χ4n) is 4.34. The van der Waals surface area contributed by atoms with Crippen molar-refractivity contribution in [1.29, 1.82) is 0 Å². The molecule has 0 saturated carbocycles. The third-order valence-corrected chi connectivity index (χ3v) is 5.99. The normalized spacial score (nSPS) is 17.9. The smallest absolute Gasteiger partial charge is 0.226 e. The summed E-state index contributed by atoms with van der Waals surface area (Å²) in [6, 6.07) is 27.3. The summed E-state index contributed by atoms with van der Waals surface area (Å²) < 4.78 is 5.23. The molecule has 164 valence electrons. The summed E-state index contributed by atoms with van der Waals surface area (Å²) in [5.74, 6) is 0.463. The van der Waals surface area contributed by atoms with E-state index < -0.39 is 0 Å². The number of likely N-dealkylation sites (tertiary alicyclic amines) is 1. The van der Waals surface area contributed by atoms with Gasteiger partial charge in [0.05, 0.1) is 13.0 Å². The Morgan fingerprint density at radius 1 is 0.938 bits per heavy atom.